The number of rotatable bonds is 4. The van der Waals surface area contributed by atoms with Crippen LogP contribution in [0.3, 0.4) is 0 Å². The van der Waals surface area contributed by atoms with Gasteiger partial charge in [-0.05, 0) is 30.3 Å². The molecule has 0 fully saturated rings. The van der Waals surface area contributed by atoms with E-state index in [4.69, 9.17) is 5.26 Å². The van der Waals surface area contributed by atoms with Crippen molar-refractivity contribution >= 4 is 23.8 Å². The first-order chi connectivity index (χ1) is 11.2. The van der Waals surface area contributed by atoms with Crippen LogP contribution in [0.15, 0.2) is 41.4 Å². The van der Waals surface area contributed by atoms with Crippen LogP contribution in [0.1, 0.15) is 26.3 Å². The van der Waals surface area contributed by atoms with Crippen molar-refractivity contribution in [2.75, 3.05) is 23.4 Å². The summed E-state index contributed by atoms with van der Waals surface area (Å²) in [6.45, 7) is 14.4. The third-order valence-corrected chi connectivity index (χ3v) is 3.86. The van der Waals surface area contributed by atoms with Gasteiger partial charge in [0.05, 0.1) is 23.1 Å². The summed E-state index contributed by atoms with van der Waals surface area (Å²) in [7, 11) is 1.86. The van der Waals surface area contributed by atoms with Crippen molar-refractivity contribution in [3.8, 4) is 6.07 Å². The number of benzene rings is 1. The summed E-state index contributed by atoms with van der Waals surface area (Å²) < 4.78 is 0. The molecule has 0 amide bonds. The van der Waals surface area contributed by atoms with Crippen LogP contribution < -0.4 is 9.80 Å². The molecule has 1 aliphatic heterocycles. The van der Waals surface area contributed by atoms with E-state index in [1.54, 1.807) is 6.08 Å². The molecule has 5 heteroatoms. The first-order valence-corrected chi connectivity index (χ1v) is 7.77. The molecule has 1 heterocycles. The lowest BCUT2D eigenvalue weighted by atomic mass is 9.96. The zero-order valence-corrected chi connectivity index (χ0v) is 14.7. The molecule has 0 spiro atoms. The maximum atomic E-state index is 10.6. The van der Waals surface area contributed by atoms with E-state index in [-0.39, 0.29) is 5.41 Å². The van der Waals surface area contributed by atoms with Crippen molar-refractivity contribution in [2.45, 2.75) is 27.1 Å². The van der Waals surface area contributed by atoms with Gasteiger partial charge in [-0.2, -0.15) is 5.26 Å². The Morgan fingerprint density at radius 1 is 1.42 bits per heavy atom. The van der Waals surface area contributed by atoms with Gasteiger partial charge in [-0.1, -0.05) is 33.4 Å². The molecule has 0 aromatic heterocycles. The summed E-state index contributed by atoms with van der Waals surface area (Å²) in [6, 6.07) is 7.83. The highest BCUT2D eigenvalue weighted by molar-refractivity contribution is 5.82. The predicted molar refractivity (Wildman–Crippen MR) is 99.9 cm³/mol. The lowest BCUT2D eigenvalue weighted by Crippen LogP contribution is -2.44. The molecule has 1 N–H and O–H groups in total. The molecule has 1 aromatic rings. The van der Waals surface area contributed by atoms with Crippen molar-refractivity contribution in [3.63, 3.8) is 0 Å². The van der Waals surface area contributed by atoms with Crippen LogP contribution in [-0.2, 0) is 0 Å². The Balaban J connectivity index is 2.45. The van der Waals surface area contributed by atoms with Crippen LogP contribution in [0, 0.1) is 16.7 Å². The third-order valence-electron chi connectivity index (χ3n) is 3.86. The molecule has 1 aromatic carbocycles. The number of allylic oxidation sites excluding steroid dienone is 2. The van der Waals surface area contributed by atoms with Gasteiger partial charge in [0.15, 0.2) is 0 Å². The van der Waals surface area contributed by atoms with Crippen molar-refractivity contribution in [1.82, 2.24) is 0 Å². The SMILES string of the molecule is C=N/C(=C\C(=C)C#N)c1ccc2c(c1)N(C)C(O)N2CC(C)(C)C. The standard InChI is InChI=1S/C19H24N4O/c1-13(11-20)9-15(21-5)14-7-8-16-17(10-14)22(6)18(24)23(16)12-19(2,3)4/h7-10,18,24H,1,5,12H2,2-4,6H3/b15-9-. The molecule has 5 nitrogen and oxygen atoms in total. The molecule has 126 valence electrons. The van der Waals surface area contributed by atoms with E-state index in [0.717, 1.165) is 23.5 Å². The Morgan fingerprint density at radius 3 is 2.62 bits per heavy atom. The molecule has 0 saturated carbocycles. The number of hydrogen-bond donors (Lipinski definition) is 1. The number of nitrogens with zero attached hydrogens (tertiary/aromatic N) is 4. The van der Waals surface area contributed by atoms with E-state index in [9.17, 15) is 5.11 Å². The zero-order chi connectivity index (χ0) is 18.1. The average Bonchev–Trinajstić information content (AvgIpc) is 2.75. The van der Waals surface area contributed by atoms with Crippen molar-refractivity contribution in [1.29, 1.82) is 5.26 Å². The van der Waals surface area contributed by atoms with E-state index in [1.165, 1.54) is 0 Å². The summed E-state index contributed by atoms with van der Waals surface area (Å²) in [4.78, 5) is 7.81. The lowest BCUT2D eigenvalue weighted by Gasteiger charge is -2.31. The minimum absolute atomic E-state index is 0.0559. The highest BCUT2D eigenvalue weighted by Gasteiger charge is 2.34. The van der Waals surface area contributed by atoms with Gasteiger partial charge in [-0.15, -0.1) is 0 Å². The second-order valence-electron chi connectivity index (χ2n) is 7.17. The second-order valence-corrected chi connectivity index (χ2v) is 7.17. The largest absolute Gasteiger partial charge is 0.356 e. The molecular weight excluding hydrogens is 300 g/mol. The maximum absolute atomic E-state index is 10.6. The van der Waals surface area contributed by atoms with Gasteiger partial charge >= 0.3 is 0 Å². The van der Waals surface area contributed by atoms with Crippen molar-refractivity contribution in [2.24, 2.45) is 10.4 Å². The molecule has 0 saturated heterocycles. The summed E-state index contributed by atoms with van der Waals surface area (Å²) in [5.41, 5.74) is 3.69. The molecule has 0 radical (unpaired) electrons. The monoisotopic (exact) mass is 324 g/mol. The highest BCUT2D eigenvalue weighted by atomic mass is 16.3. The smallest absolute Gasteiger partial charge is 0.207 e. The topological polar surface area (TPSA) is 62.9 Å². The van der Waals surface area contributed by atoms with Crippen LogP contribution >= 0.6 is 0 Å². The Morgan fingerprint density at radius 2 is 2.08 bits per heavy atom. The summed E-state index contributed by atoms with van der Waals surface area (Å²) in [6.07, 6.45) is 0.903. The molecule has 0 bridgehead atoms. The number of hydrogen-bond acceptors (Lipinski definition) is 5. The van der Waals surface area contributed by atoms with Crippen LogP contribution in [0.2, 0.25) is 0 Å². The van der Waals surface area contributed by atoms with E-state index in [1.807, 2.05) is 41.1 Å². The molecule has 24 heavy (non-hydrogen) atoms. The molecular formula is C19H24N4O. The van der Waals surface area contributed by atoms with E-state index >= 15 is 0 Å². The van der Waals surface area contributed by atoms with E-state index in [2.05, 4.69) is 39.1 Å². The van der Waals surface area contributed by atoms with Gasteiger partial charge in [0, 0.05) is 24.7 Å². The summed E-state index contributed by atoms with van der Waals surface area (Å²) in [5.74, 6) is 0. The van der Waals surface area contributed by atoms with Crippen LogP contribution in [0.5, 0.6) is 0 Å². The van der Waals surface area contributed by atoms with Gasteiger partial charge in [-0.3, -0.25) is 4.99 Å². The van der Waals surface area contributed by atoms with Gasteiger partial charge in [0.2, 0.25) is 6.35 Å². The molecule has 2 rings (SSSR count). The normalized spacial score (nSPS) is 17.5. The summed E-state index contributed by atoms with van der Waals surface area (Å²) >= 11 is 0. The Hall–Kier alpha value is -2.58. The number of fused-ring (bicyclic) bond motifs is 1. The number of aliphatic hydroxyl groups excluding tert-OH is 1. The third kappa shape index (κ3) is 3.50. The van der Waals surface area contributed by atoms with Gasteiger partial charge in [-0.25, -0.2) is 0 Å². The van der Waals surface area contributed by atoms with Crippen LogP contribution in [0.4, 0.5) is 11.4 Å². The van der Waals surface area contributed by atoms with Gasteiger partial charge in [0.1, 0.15) is 0 Å². The van der Waals surface area contributed by atoms with E-state index < -0.39 is 6.35 Å². The second kappa shape index (κ2) is 6.50. The fourth-order valence-electron chi connectivity index (χ4n) is 2.76. The van der Waals surface area contributed by atoms with Crippen molar-refractivity contribution < 1.29 is 5.11 Å². The quantitative estimate of drug-likeness (QED) is 0.524. The number of aliphatic hydroxyl groups is 1. The minimum atomic E-state index is -0.701. The van der Waals surface area contributed by atoms with Gasteiger partial charge < -0.3 is 14.9 Å². The molecule has 1 unspecified atom stereocenters. The first-order valence-electron chi connectivity index (χ1n) is 7.77. The van der Waals surface area contributed by atoms with Crippen LogP contribution in [-0.4, -0.2) is 31.8 Å². The fraction of sp³-hybridized carbons (Fsp3) is 0.368. The molecule has 1 atom stereocenters. The number of aliphatic imine (C=N–C) groups is 1. The Labute approximate surface area is 143 Å². The highest BCUT2D eigenvalue weighted by Crippen LogP contribution is 2.41. The van der Waals surface area contributed by atoms with Crippen LogP contribution in [0.25, 0.3) is 5.70 Å². The van der Waals surface area contributed by atoms with Crippen molar-refractivity contribution in [3.05, 3.63) is 42.0 Å². The molecule has 0 aliphatic carbocycles. The predicted octanol–water partition coefficient (Wildman–Crippen LogP) is 3.39. The van der Waals surface area contributed by atoms with E-state index in [0.29, 0.717) is 11.3 Å². The molecule has 1 aliphatic rings. The fourth-order valence-corrected chi connectivity index (χ4v) is 2.76. The zero-order valence-electron chi connectivity index (χ0n) is 14.7. The summed E-state index contributed by atoms with van der Waals surface area (Å²) in [5, 5.41) is 19.5. The number of anilines is 2. The Kier molecular flexibility index (Phi) is 4.81. The lowest BCUT2D eigenvalue weighted by molar-refractivity contribution is 0.166. The number of nitriles is 1. The first kappa shape index (κ1) is 17.8. The van der Waals surface area contributed by atoms with Gasteiger partial charge in [0.25, 0.3) is 0 Å². The average molecular weight is 324 g/mol. The minimum Gasteiger partial charge on any atom is -0.356 e. The maximum Gasteiger partial charge on any atom is 0.207 e. The Bertz CT molecular complexity index is 737.